The van der Waals surface area contributed by atoms with Crippen molar-refractivity contribution in [2.45, 2.75) is 78.1 Å². The van der Waals surface area contributed by atoms with Gasteiger partial charge in [0.25, 0.3) is 0 Å². The maximum Gasteiger partial charge on any atom is -0.0351 e. The molecule has 0 saturated carbocycles. The molecule has 0 unspecified atom stereocenters. The highest BCUT2D eigenvalue weighted by molar-refractivity contribution is 4.81. The molecule has 1 nitrogen and oxygen atoms in total. The third-order valence-corrected chi connectivity index (χ3v) is 2.62. The minimum atomic E-state index is 0. The van der Waals surface area contributed by atoms with Crippen molar-refractivity contribution >= 4 is 0 Å². The van der Waals surface area contributed by atoms with Crippen molar-refractivity contribution in [1.82, 2.24) is 0 Å². The summed E-state index contributed by atoms with van der Waals surface area (Å²) in [6, 6.07) is 0. The van der Waals surface area contributed by atoms with E-state index in [9.17, 15) is 0 Å². The Labute approximate surface area is 96.3 Å². The van der Waals surface area contributed by atoms with Gasteiger partial charge in [-0.25, -0.2) is 0 Å². The molecule has 0 aliphatic carbocycles. The van der Waals surface area contributed by atoms with E-state index >= 15 is 0 Å². The summed E-state index contributed by atoms with van der Waals surface area (Å²) in [6.45, 7) is 4.53. The summed E-state index contributed by atoms with van der Waals surface area (Å²) >= 11 is 0. The van der Waals surface area contributed by atoms with Crippen LogP contribution in [0.4, 0.5) is 0 Å². The van der Waals surface area contributed by atoms with Crippen LogP contribution in [0.1, 0.15) is 78.1 Å². The second-order valence-corrected chi connectivity index (χ2v) is 4.17. The fourth-order valence-electron chi connectivity index (χ4n) is 1.61. The first-order valence-corrected chi connectivity index (χ1v) is 6.56. The summed E-state index contributed by atoms with van der Waals surface area (Å²) in [5, 5.41) is 0. The summed E-state index contributed by atoms with van der Waals surface area (Å²) in [5.74, 6) is 0. The van der Waals surface area contributed by atoms with Crippen LogP contribution < -0.4 is 0 Å². The van der Waals surface area contributed by atoms with Crippen LogP contribution in [0.2, 0.25) is 0 Å². The number of hydrogen-bond donors (Lipinski definition) is 0. The zero-order valence-electron chi connectivity index (χ0n) is 10.7. The molecule has 0 saturated heterocycles. The summed E-state index contributed by atoms with van der Waals surface area (Å²) in [6.07, 6.45) is 18.5. The molecule has 0 heterocycles. The number of allylic oxidation sites excluding steroid dienone is 2. The lowest BCUT2D eigenvalue weighted by Crippen LogP contribution is -1.75. The Hall–Kier alpha value is -0.300. The molecular formula is C14H30O. The normalized spacial score (nSPS) is 10.5. The van der Waals surface area contributed by atoms with Crippen molar-refractivity contribution in [3.8, 4) is 0 Å². The molecule has 0 aromatic rings. The molecule has 15 heavy (non-hydrogen) atoms. The highest BCUT2D eigenvalue weighted by atomic mass is 16.0. The molecule has 0 radical (unpaired) electrons. The molecule has 0 fully saturated rings. The number of unbranched alkanes of at least 4 members (excludes halogenated alkanes) is 8. The van der Waals surface area contributed by atoms with Crippen molar-refractivity contribution in [3.05, 3.63) is 12.2 Å². The van der Waals surface area contributed by atoms with E-state index in [0.717, 1.165) is 0 Å². The molecule has 0 rings (SSSR count). The third kappa shape index (κ3) is 16.4. The first-order chi connectivity index (χ1) is 6.91. The van der Waals surface area contributed by atoms with Crippen molar-refractivity contribution in [2.75, 3.05) is 0 Å². The minimum Gasteiger partial charge on any atom is -0.412 e. The van der Waals surface area contributed by atoms with Gasteiger partial charge in [-0.1, -0.05) is 64.5 Å². The van der Waals surface area contributed by atoms with Crippen molar-refractivity contribution in [2.24, 2.45) is 0 Å². The number of hydrogen-bond acceptors (Lipinski definition) is 0. The van der Waals surface area contributed by atoms with Crippen LogP contribution in [0.3, 0.4) is 0 Å². The van der Waals surface area contributed by atoms with Crippen LogP contribution in [0.25, 0.3) is 0 Å². The molecule has 0 aliphatic rings. The summed E-state index contributed by atoms with van der Waals surface area (Å²) in [4.78, 5) is 0. The highest BCUT2D eigenvalue weighted by Gasteiger charge is 1.86. The van der Waals surface area contributed by atoms with E-state index in [1.165, 1.54) is 64.2 Å². The van der Waals surface area contributed by atoms with Crippen LogP contribution in [-0.2, 0) is 0 Å². The lowest BCUT2D eigenvalue weighted by Gasteiger charge is -1.95. The molecule has 0 spiro atoms. The van der Waals surface area contributed by atoms with E-state index in [4.69, 9.17) is 0 Å². The number of rotatable bonds is 10. The average molecular weight is 214 g/mol. The van der Waals surface area contributed by atoms with E-state index in [1.807, 2.05) is 0 Å². The topological polar surface area (TPSA) is 31.5 Å². The Morgan fingerprint density at radius 3 is 1.33 bits per heavy atom. The zero-order chi connectivity index (χ0) is 10.5. The summed E-state index contributed by atoms with van der Waals surface area (Å²) < 4.78 is 0. The fourth-order valence-corrected chi connectivity index (χ4v) is 1.61. The first kappa shape index (κ1) is 17.1. The van der Waals surface area contributed by atoms with Gasteiger partial charge in [-0.2, -0.15) is 0 Å². The van der Waals surface area contributed by atoms with Gasteiger partial charge in [0.15, 0.2) is 0 Å². The molecule has 0 atom stereocenters. The average Bonchev–Trinajstić information content (AvgIpc) is 2.21. The zero-order valence-corrected chi connectivity index (χ0v) is 10.7. The van der Waals surface area contributed by atoms with E-state index in [-0.39, 0.29) is 5.48 Å². The van der Waals surface area contributed by atoms with Gasteiger partial charge in [0.05, 0.1) is 0 Å². The lowest BCUT2D eigenvalue weighted by atomic mass is 10.1. The molecular weight excluding hydrogens is 184 g/mol. The van der Waals surface area contributed by atoms with Gasteiger partial charge in [-0.05, 0) is 25.7 Å². The Kier molecular flexibility index (Phi) is 18.4. The smallest absolute Gasteiger partial charge is 0.0351 e. The first-order valence-electron chi connectivity index (χ1n) is 6.56. The SMILES string of the molecule is CCCCCCC=CCCCCCC.O. The molecule has 0 aromatic carbocycles. The predicted octanol–water partition coefficient (Wildman–Crippen LogP) is 4.66. The molecule has 0 amide bonds. The fraction of sp³-hybridized carbons (Fsp3) is 0.857. The second-order valence-electron chi connectivity index (χ2n) is 4.17. The van der Waals surface area contributed by atoms with Crippen molar-refractivity contribution < 1.29 is 5.48 Å². The van der Waals surface area contributed by atoms with Crippen LogP contribution >= 0.6 is 0 Å². The third-order valence-electron chi connectivity index (χ3n) is 2.62. The summed E-state index contributed by atoms with van der Waals surface area (Å²) in [7, 11) is 0. The standard InChI is InChI=1S/C14H28.H2O/c1-3-5-7-9-11-13-14-12-10-8-6-4-2;/h13-14H,3-12H2,1-2H3;1H2. The van der Waals surface area contributed by atoms with Gasteiger partial charge >= 0.3 is 0 Å². The van der Waals surface area contributed by atoms with Crippen LogP contribution in [0.15, 0.2) is 12.2 Å². The molecule has 0 bridgehead atoms. The molecule has 0 aromatic heterocycles. The van der Waals surface area contributed by atoms with E-state index in [2.05, 4.69) is 26.0 Å². The Morgan fingerprint density at radius 2 is 1.00 bits per heavy atom. The maximum absolute atomic E-state index is 2.38. The maximum atomic E-state index is 2.38. The van der Waals surface area contributed by atoms with Crippen molar-refractivity contribution in [3.63, 3.8) is 0 Å². The summed E-state index contributed by atoms with van der Waals surface area (Å²) in [5.41, 5.74) is 0. The van der Waals surface area contributed by atoms with Gasteiger partial charge in [-0.3, -0.25) is 0 Å². The van der Waals surface area contributed by atoms with Gasteiger partial charge in [0.1, 0.15) is 0 Å². The molecule has 1 heteroatoms. The molecule has 0 aliphatic heterocycles. The second kappa shape index (κ2) is 16.1. The van der Waals surface area contributed by atoms with Crippen LogP contribution in [0.5, 0.6) is 0 Å². The quantitative estimate of drug-likeness (QED) is 0.374. The Balaban J connectivity index is 0. The van der Waals surface area contributed by atoms with Crippen LogP contribution in [0, 0.1) is 0 Å². The largest absolute Gasteiger partial charge is 0.412 e. The van der Waals surface area contributed by atoms with Crippen LogP contribution in [-0.4, -0.2) is 5.48 Å². The highest BCUT2D eigenvalue weighted by Crippen LogP contribution is 2.05. The monoisotopic (exact) mass is 214 g/mol. The van der Waals surface area contributed by atoms with Gasteiger partial charge in [0.2, 0.25) is 0 Å². The van der Waals surface area contributed by atoms with Crippen molar-refractivity contribution in [1.29, 1.82) is 0 Å². The minimum absolute atomic E-state index is 0. The van der Waals surface area contributed by atoms with Gasteiger partial charge < -0.3 is 5.48 Å². The molecule has 2 N–H and O–H groups in total. The Morgan fingerprint density at radius 1 is 0.600 bits per heavy atom. The van der Waals surface area contributed by atoms with E-state index in [0.29, 0.717) is 0 Å². The molecule has 92 valence electrons. The van der Waals surface area contributed by atoms with Gasteiger partial charge in [0, 0.05) is 0 Å². The van der Waals surface area contributed by atoms with Gasteiger partial charge in [-0.15, -0.1) is 0 Å². The lowest BCUT2D eigenvalue weighted by molar-refractivity contribution is 0.665. The Bertz CT molecular complexity index is 105. The predicted molar refractivity (Wildman–Crippen MR) is 70.3 cm³/mol. The van der Waals surface area contributed by atoms with E-state index in [1.54, 1.807) is 0 Å². The van der Waals surface area contributed by atoms with E-state index < -0.39 is 0 Å².